The van der Waals surface area contributed by atoms with E-state index in [2.05, 4.69) is 10.7 Å². The Kier molecular flexibility index (Phi) is 5.51. The maximum Gasteiger partial charge on any atom is 0.221 e. The Morgan fingerprint density at radius 2 is 2.13 bits per heavy atom. The van der Waals surface area contributed by atoms with Crippen LogP contribution in [-0.4, -0.2) is 13.0 Å². The number of ether oxygens (including phenoxy) is 1. The van der Waals surface area contributed by atoms with Gasteiger partial charge < -0.3 is 15.5 Å². The number of hydrogen-bond acceptors (Lipinski definition) is 4. The van der Waals surface area contributed by atoms with Gasteiger partial charge in [-0.15, -0.1) is 12.4 Å². The summed E-state index contributed by atoms with van der Waals surface area (Å²) in [4.78, 5) is 10.8. The van der Waals surface area contributed by atoms with Gasteiger partial charge in [-0.3, -0.25) is 10.6 Å². The molecule has 0 aromatic heterocycles. The Hall–Kier alpha value is -1.46. The number of halogens is 1. The maximum atomic E-state index is 10.8. The predicted molar refractivity (Wildman–Crippen MR) is 62.4 cm³/mol. The molecule has 4 N–H and O–H groups in total. The largest absolute Gasteiger partial charge is 0.494 e. The van der Waals surface area contributed by atoms with Crippen LogP contribution in [0.25, 0.3) is 0 Å². The SMILES string of the molecule is COc1cc(NN)ccc1NC(C)=O.Cl. The van der Waals surface area contributed by atoms with Crippen LogP contribution < -0.4 is 21.3 Å². The minimum Gasteiger partial charge on any atom is -0.494 e. The fourth-order valence-corrected chi connectivity index (χ4v) is 1.07. The third-order valence-electron chi connectivity index (χ3n) is 1.68. The van der Waals surface area contributed by atoms with Crippen molar-refractivity contribution in [1.29, 1.82) is 0 Å². The number of anilines is 2. The van der Waals surface area contributed by atoms with E-state index in [0.717, 1.165) is 5.69 Å². The third kappa shape index (κ3) is 3.65. The molecule has 1 amide bonds. The van der Waals surface area contributed by atoms with Crippen molar-refractivity contribution in [3.63, 3.8) is 0 Å². The normalized spacial score (nSPS) is 8.73. The van der Waals surface area contributed by atoms with Crippen LogP contribution in [0.3, 0.4) is 0 Å². The number of rotatable bonds is 3. The number of benzene rings is 1. The lowest BCUT2D eigenvalue weighted by Gasteiger charge is -2.10. The molecule has 0 atom stereocenters. The summed E-state index contributed by atoms with van der Waals surface area (Å²) in [5.74, 6) is 5.66. The van der Waals surface area contributed by atoms with E-state index < -0.39 is 0 Å². The molecule has 0 aliphatic carbocycles. The first-order chi connectivity index (χ1) is 6.67. The monoisotopic (exact) mass is 231 g/mol. The highest BCUT2D eigenvalue weighted by Crippen LogP contribution is 2.27. The van der Waals surface area contributed by atoms with Crippen molar-refractivity contribution in [3.8, 4) is 5.75 Å². The van der Waals surface area contributed by atoms with Crippen LogP contribution >= 0.6 is 12.4 Å². The van der Waals surface area contributed by atoms with E-state index in [1.807, 2.05) is 0 Å². The van der Waals surface area contributed by atoms with Gasteiger partial charge in [-0.2, -0.15) is 0 Å². The minimum absolute atomic E-state index is 0. The summed E-state index contributed by atoms with van der Waals surface area (Å²) in [5, 5.41) is 2.64. The molecule has 0 fully saturated rings. The van der Waals surface area contributed by atoms with Crippen molar-refractivity contribution in [3.05, 3.63) is 18.2 Å². The van der Waals surface area contributed by atoms with E-state index in [4.69, 9.17) is 10.6 Å². The molecule has 6 heteroatoms. The molecule has 1 aromatic rings. The van der Waals surface area contributed by atoms with Crippen LogP contribution in [0.1, 0.15) is 6.92 Å². The van der Waals surface area contributed by atoms with Crippen molar-refractivity contribution in [2.24, 2.45) is 5.84 Å². The van der Waals surface area contributed by atoms with Gasteiger partial charge in [0.15, 0.2) is 0 Å². The number of hydrazine groups is 1. The van der Waals surface area contributed by atoms with Gasteiger partial charge >= 0.3 is 0 Å². The highest BCUT2D eigenvalue weighted by Gasteiger charge is 2.04. The van der Waals surface area contributed by atoms with Crippen LogP contribution in [0, 0.1) is 0 Å². The van der Waals surface area contributed by atoms with Crippen LogP contribution in [0.5, 0.6) is 5.75 Å². The minimum atomic E-state index is -0.142. The Labute approximate surface area is 94.4 Å². The topological polar surface area (TPSA) is 76.4 Å². The molecular formula is C9H14ClN3O2. The van der Waals surface area contributed by atoms with Crippen molar-refractivity contribution in [2.75, 3.05) is 17.9 Å². The number of carbonyl (C=O) groups excluding carboxylic acids is 1. The van der Waals surface area contributed by atoms with Crippen molar-refractivity contribution in [2.45, 2.75) is 6.92 Å². The summed E-state index contributed by atoms with van der Waals surface area (Å²) in [6.45, 7) is 1.44. The summed E-state index contributed by atoms with van der Waals surface area (Å²) in [7, 11) is 1.53. The smallest absolute Gasteiger partial charge is 0.221 e. The highest BCUT2D eigenvalue weighted by molar-refractivity contribution is 5.90. The van der Waals surface area contributed by atoms with Gasteiger partial charge in [0.05, 0.1) is 18.5 Å². The molecule has 84 valence electrons. The Morgan fingerprint density at radius 3 is 2.60 bits per heavy atom. The number of nitrogen functional groups attached to an aromatic ring is 1. The summed E-state index contributed by atoms with van der Waals surface area (Å²) in [5.41, 5.74) is 3.83. The van der Waals surface area contributed by atoms with E-state index in [9.17, 15) is 4.79 Å². The Bertz CT molecular complexity index is 344. The van der Waals surface area contributed by atoms with Crippen LogP contribution in [-0.2, 0) is 4.79 Å². The predicted octanol–water partition coefficient (Wildman–Crippen LogP) is 1.36. The standard InChI is InChI=1S/C9H13N3O2.ClH/c1-6(13)11-8-4-3-7(12-10)5-9(8)14-2;/h3-5,12H,10H2,1-2H3,(H,11,13);1H. The zero-order valence-corrected chi connectivity index (χ0v) is 9.35. The number of methoxy groups -OCH3 is 1. The van der Waals surface area contributed by atoms with E-state index in [1.54, 1.807) is 18.2 Å². The van der Waals surface area contributed by atoms with Crippen molar-refractivity contribution < 1.29 is 9.53 Å². The van der Waals surface area contributed by atoms with E-state index in [-0.39, 0.29) is 18.3 Å². The average molecular weight is 232 g/mol. The van der Waals surface area contributed by atoms with Gasteiger partial charge in [0.1, 0.15) is 5.75 Å². The van der Waals surface area contributed by atoms with Gasteiger partial charge in [0.25, 0.3) is 0 Å². The molecule has 0 aliphatic rings. The molecule has 1 rings (SSSR count). The summed E-state index contributed by atoms with van der Waals surface area (Å²) in [6, 6.07) is 5.16. The molecule has 0 heterocycles. The number of hydrogen-bond donors (Lipinski definition) is 3. The van der Waals surface area contributed by atoms with E-state index >= 15 is 0 Å². The Balaban J connectivity index is 0.00000196. The zero-order chi connectivity index (χ0) is 10.6. The summed E-state index contributed by atoms with van der Waals surface area (Å²) in [6.07, 6.45) is 0. The van der Waals surface area contributed by atoms with Gasteiger partial charge in [-0.1, -0.05) is 0 Å². The molecule has 1 aromatic carbocycles. The Morgan fingerprint density at radius 1 is 1.47 bits per heavy atom. The van der Waals surface area contributed by atoms with Gasteiger partial charge in [0.2, 0.25) is 5.91 Å². The number of nitrogens with one attached hydrogen (secondary N) is 2. The first-order valence-corrected chi connectivity index (χ1v) is 4.09. The second-order valence-electron chi connectivity index (χ2n) is 2.74. The fourth-order valence-electron chi connectivity index (χ4n) is 1.07. The molecule has 0 saturated carbocycles. The lowest BCUT2D eigenvalue weighted by atomic mass is 10.2. The number of amides is 1. The van der Waals surface area contributed by atoms with E-state index in [1.165, 1.54) is 14.0 Å². The first kappa shape index (κ1) is 13.5. The molecule has 0 saturated heterocycles. The molecule has 0 radical (unpaired) electrons. The van der Waals surface area contributed by atoms with Gasteiger partial charge in [-0.05, 0) is 12.1 Å². The molecular weight excluding hydrogens is 218 g/mol. The van der Waals surface area contributed by atoms with Gasteiger partial charge in [-0.25, -0.2) is 0 Å². The second-order valence-corrected chi connectivity index (χ2v) is 2.74. The average Bonchev–Trinajstić information content (AvgIpc) is 2.17. The quantitative estimate of drug-likeness (QED) is 0.542. The molecule has 5 nitrogen and oxygen atoms in total. The number of carbonyl (C=O) groups is 1. The fraction of sp³-hybridized carbons (Fsp3) is 0.222. The van der Waals surface area contributed by atoms with Crippen molar-refractivity contribution in [1.82, 2.24) is 0 Å². The maximum absolute atomic E-state index is 10.8. The summed E-state index contributed by atoms with van der Waals surface area (Å²) < 4.78 is 5.08. The lowest BCUT2D eigenvalue weighted by molar-refractivity contribution is -0.114. The van der Waals surface area contributed by atoms with Crippen LogP contribution in [0.2, 0.25) is 0 Å². The molecule has 0 aliphatic heterocycles. The highest BCUT2D eigenvalue weighted by atomic mass is 35.5. The lowest BCUT2D eigenvalue weighted by Crippen LogP contribution is -2.09. The van der Waals surface area contributed by atoms with Crippen molar-refractivity contribution >= 4 is 29.7 Å². The molecule has 15 heavy (non-hydrogen) atoms. The first-order valence-electron chi connectivity index (χ1n) is 4.09. The molecule has 0 bridgehead atoms. The number of nitrogens with two attached hydrogens (primary N) is 1. The third-order valence-corrected chi connectivity index (χ3v) is 1.68. The summed E-state index contributed by atoms with van der Waals surface area (Å²) >= 11 is 0. The zero-order valence-electron chi connectivity index (χ0n) is 8.53. The van der Waals surface area contributed by atoms with Crippen LogP contribution in [0.4, 0.5) is 11.4 Å². The molecule has 0 spiro atoms. The van der Waals surface area contributed by atoms with Crippen LogP contribution in [0.15, 0.2) is 18.2 Å². The van der Waals surface area contributed by atoms with E-state index in [0.29, 0.717) is 11.4 Å². The second kappa shape index (κ2) is 6.10. The molecule has 0 unspecified atom stereocenters. The van der Waals surface area contributed by atoms with Gasteiger partial charge in [0, 0.05) is 13.0 Å².